The fourth-order valence-corrected chi connectivity index (χ4v) is 4.34. The summed E-state index contributed by atoms with van der Waals surface area (Å²) in [6.45, 7) is 0.461. The molecular formula is C31H29F2NO6. The summed E-state index contributed by atoms with van der Waals surface area (Å²) in [6, 6.07) is 16.9. The zero-order valence-corrected chi connectivity index (χ0v) is 21.7. The van der Waals surface area contributed by atoms with Crippen LogP contribution in [0, 0.1) is 11.6 Å². The molecule has 3 aromatic carbocycles. The van der Waals surface area contributed by atoms with Gasteiger partial charge < -0.3 is 24.3 Å². The Morgan fingerprint density at radius 1 is 0.850 bits per heavy atom. The van der Waals surface area contributed by atoms with Crippen molar-refractivity contribution in [2.24, 2.45) is 0 Å². The average Bonchev–Trinajstić information content (AvgIpc) is 3.28. The highest BCUT2D eigenvalue weighted by molar-refractivity contribution is 5.94. The van der Waals surface area contributed by atoms with Crippen molar-refractivity contribution in [2.45, 2.75) is 32.2 Å². The molecule has 7 nitrogen and oxygen atoms in total. The molecular weight excluding hydrogens is 520 g/mol. The molecule has 0 saturated heterocycles. The number of carboxylic acid groups (broad SMARTS) is 2. The van der Waals surface area contributed by atoms with Crippen molar-refractivity contribution in [3.05, 3.63) is 95.2 Å². The molecule has 0 aliphatic carbocycles. The topological polar surface area (TPSA) is 98.0 Å². The highest BCUT2D eigenvalue weighted by atomic mass is 19.2. The zero-order chi connectivity index (χ0) is 28.5. The van der Waals surface area contributed by atoms with Crippen LogP contribution in [0.4, 0.5) is 8.78 Å². The minimum absolute atomic E-state index is 0.0383. The molecule has 40 heavy (non-hydrogen) atoms. The van der Waals surface area contributed by atoms with E-state index < -0.39 is 23.6 Å². The smallest absolute Gasteiger partial charge is 0.323 e. The molecule has 4 rings (SSSR count). The monoisotopic (exact) mass is 549 g/mol. The van der Waals surface area contributed by atoms with Gasteiger partial charge in [0.1, 0.15) is 12.3 Å². The van der Waals surface area contributed by atoms with Crippen LogP contribution < -0.4 is 9.47 Å². The lowest BCUT2D eigenvalue weighted by atomic mass is 10.0. The molecule has 0 amide bonds. The van der Waals surface area contributed by atoms with Crippen molar-refractivity contribution in [1.29, 1.82) is 0 Å². The summed E-state index contributed by atoms with van der Waals surface area (Å²) in [7, 11) is 0. The number of hydrogen-bond acceptors (Lipinski definition) is 4. The Labute approximate surface area is 229 Å². The SMILES string of the molecule is O=C(O)CCc1cn(CC(=O)O)c2c(C=Cc3ccc(OCCCCOc4cccc(F)c4F)cc3)cccc12. The Kier molecular flexibility index (Phi) is 9.51. The second-order valence-corrected chi connectivity index (χ2v) is 9.17. The molecule has 9 heteroatoms. The number of unbranched alkanes of at least 4 members (excludes halogenated alkanes) is 1. The third-order valence-electron chi connectivity index (χ3n) is 6.24. The second kappa shape index (κ2) is 13.4. The third-order valence-corrected chi connectivity index (χ3v) is 6.24. The van der Waals surface area contributed by atoms with E-state index in [9.17, 15) is 23.5 Å². The number of ether oxygens (including phenoxy) is 2. The van der Waals surface area contributed by atoms with E-state index in [-0.39, 0.29) is 25.3 Å². The molecule has 208 valence electrons. The van der Waals surface area contributed by atoms with Crippen molar-refractivity contribution in [2.75, 3.05) is 13.2 Å². The van der Waals surface area contributed by atoms with Crippen LogP contribution in [0.25, 0.3) is 23.1 Å². The van der Waals surface area contributed by atoms with Crippen LogP contribution in [0.3, 0.4) is 0 Å². The number of rotatable bonds is 14. The number of carboxylic acids is 2. The van der Waals surface area contributed by atoms with Gasteiger partial charge in [0.05, 0.1) is 18.7 Å². The fourth-order valence-electron chi connectivity index (χ4n) is 4.34. The average molecular weight is 550 g/mol. The van der Waals surface area contributed by atoms with E-state index in [1.165, 1.54) is 12.1 Å². The first-order chi connectivity index (χ1) is 19.3. The van der Waals surface area contributed by atoms with Crippen molar-refractivity contribution in [1.82, 2.24) is 4.57 Å². The first-order valence-electron chi connectivity index (χ1n) is 12.8. The number of carbonyl (C=O) groups is 2. The summed E-state index contributed by atoms with van der Waals surface area (Å²) in [4.78, 5) is 22.5. The molecule has 0 fully saturated rings. The number of para-hydroxylation sites is 1. The first kappa shape index (κ1) is 28.4. The summed E-state index contributed by atoms with van der Waals surface area (Å²) < 4.78 is 39.5. The van der Waals surface area contributed by atoms with Crippen LogP contribution in [0.2, 0.25) is 0 Å². The normalized spacial score (nSPS) is 11.2. The second-order valence-electron chi connectivity index (χ2n) is 9.17. The molecule has 0 atom stereocenters. The number of aromatic nitrogens is 1. The highest BCUT2D eigenvalue weighted by Crippen LogP contribution is 2.28. The molecule has 1 aromatic heterocycles. The van der Waals surface area contributed by atoms with Gasteiger partial charge in [-0.2, -0.15) is 4.39 Å². The maximum Gasteiger partial charge on any atom is 0.323 e. The summed E-state index contributed by atoms with van der Waals surface area (Å²) >= 11 is 0. The number of aryl methyl sites for hydroxylation is 1. The Bertz CT molecular complexity index is 1510. The Balaban J connectivity index is 1.34. The molecule has 0 unspecified atom stereocenters. The molecule has 1 heterocycles. The molecule has 0 aliphatic rings. The standard InChI is InChI=1S/C31H29F2NO6/c32-26-7-4-8-27(30(26)33)40-18-2-1-17-39-24-14-10-21(11-15-24)9-12-22-5-3-6-25-23(13-16-28(35)36)19-34(31(22)25)20-29(37)38/h3-12,14-15,19H,1-2,13,16-18,20H2,(H,35,36)(H,37,38). The minimum atomic E-state index is -0.987. The number of nitrogens with zero attached hydrogens (tertiary/aromatic N) is 1. The van der Waals surface area contributed by atoms with Gasteiger partial charge in [-0.05, 0) is 60.2 Å². The molecule has 0 aliphatic heterocycles. The minimum Gasteiger partial charge on any atom is -0.494 e. The van der Waals surface area contributed by atoms with E-state index in [4.69, 9.17) is 14.6 Å². The fraction of sp³-hybridized carbons (Fsp3) is 0.226. The molecule has 4 aromatic rings. The molecule has 0 saturated carbocycles. The van der Waals surface area contributed by atoms with Gasteiger partial charge in [0.2, 0.25) is 5.82 Å². The molecule has 0 radical (unpaired) electrons. The Hall–Kier alpha value is -4.66. The van der Waals surface area contributed by atoms with E-state index in [1.54, 1.807) is 10.8 Å². The van der Waals surface area contributed by atoms with Gasteiger partial charge in [0.25, 0.3) is 0 Å². The van der Waals surface area contributed by atoms with Gasteiger partial charge in [0.15, 0.2) is 11.6 Å². The lowest BCUT2D eigenvalue weighted by molar-refractivity contribution is -0.138. The van der Waals surface area contributed by atoms with Gasteiger partial charge >= 0.3 is 11.9 Å². The number of halogens is 2. The Morgan fingerprint density at radius 3 is 2.30 bits per heavy atom. The van der Waals surface area contributed by atoms with E-state index in [1.807, 2.05) is 54.6 Å². The summed E-state index contributed by atoms with van der Waals surface area (Å²) in [5, 5.41) is 19.3. The van der Waals surface area contributed by atoms with Crippen molar-refractivity contribution in [3.8, 4) is 11.5 Å². The van der Waals surface area contributed by atoms with Crippen LogP contribution >= 0.6 is 0 Å². The lowest BCUT2D eigenvalue weighted by Crippen LogP contribution is -2.08. The van der Waals surface area contributed by atoms with Gasteiger partial charge in [-0.15, -0.1) is 0 Å². The van der Waals surface area contributed by atoms with Gasteiger partial charge in [-0.1, -0.05) is 48.6 Å². The number of benzene rings is 3. The van der Waals surface area contributed by atoms with E-state index in [0.29, 0.717) is 31.6 Å². The maximum absolute atomic E-state index is 13.6. The number of aliphatic carboxylic acids is 2. The van der Waals surface area contributed by atoms with Gasteiger partial charge in [0, 0.05) is 18.0 Å². The largest absolute Gasteiger partial charge is 0.494 e. The highest BCUT2D eigenvalue weighted by Gasteiger charge is 2.14. The van der Waals surface area contributed by atoms with Crippen LogP contribution in [0.15, 0.2) is 66.9 Å². The molecule has 0 bridgehead atoms. The van der Waals surface area contributed by atoms with Crippen molar-refractivity contribution < 1.29 is 38.1 Å². The van der Waals surface area contributed by atoms with E-state index in [0.717, 1.165) is 33.7 Å². The predicted molar refractivity (Wildman–Crippen MR) is 147 cm³/mol. The summed E-state index contributed by atoms with van der Waals surface area (Å²) in [6.07, 6.45) is 7.10. The maximum atomic E-state index is 13.6. The van der Waals surface area contributed by atoms with E-state index in [2.05, 4.69) is 0 Å². The zero-order valence-electron chi connectivity index (χ0n) is 21.7. The van der Waals surface area contributed by atoms with Crippen LogP contribution in [-0.4, -0.2) is 39.9 Å². The molecule has 2 N–H and O–H groups in total. The van der Waals surface area contributed by atoms with Crippen LogP contribution in [0.5, 0.6) is 11.5 Å². The summed E-state index contributed by atoms with van der Waals surface area (Å²) in [5.74, 6) is -3.23. The van der Waals surface area contributed by atoms with Gasteiger partial charge in [-0.3, -0.25) is 9.59 Å². The van der Waals surface area contributed by atoms with Crippen molar-refractivity contribution in [3.63, 3.8) is 0 Å². The van der Waals surface area contributed by atoms with Crippen LogP contribution in [0.1, 0.15) is 36.0 Å². The van der Waals surface area contributed by atoms with Gasteiger partial charge in [-0.25, -0.2) is 4.39 Å². The van der Waals surface area contributed by atoms with E-state index >= 15 is 0 Å². The number of hydrogen-bond donors (Lipinski definition) is 2. The summed E-state index contributed by atoms with van der Waals surface area (Å²) in [5.41, 5.74) is 3.27. The quantitative estimate of drug-likeness (QED) is 0.139. The number of fused-ring (bicyclic) bond motifs is 1. The lowest BCUT2D eigenvalue weighted by Gasteiger charge is -2.09. The predicted octanol–water partition coefficient (Wildman–Crippen LogP) is 6.43. The van der Waals surface area contributed by atoms with Crippen LogP contribution in [-0.2, 0) is 22.6 Å². The Morgan fingerprint density at radius 2 is 1.57 bits per heavy atom. The molecule has 0 spiro atoms. The van der Waals surface area contributed by atoms with Crippen molar-refractivity contribution >= 4 is 35.0 Å². The third kappa shape index (κ3) is 7.47. The first-order valence-corrected chi connectivity index (χ1v) is 12.8.